The summed E-state index contributed by atoms with van der Waals surface area (Å²) in [7, 11) is 0. The van der Waals surface area contributed by atoms with E-state index in [1.807, 2.05) is 0 Å². The Bertz CT molecular complexity index is 381. The molecule has 0 aliphatic heterocycles. The summed E-state index contributed by atoms with van der Waals surface area (Å²) in [5.41, 5.74) is 0. The summed E-state index contributed by atoms with van der Waals surface area (Å²) in [6, 6.07) is 2.06. The molecule has 1 heterocycles. The van der Waals surface area contributed by atoms with E-state index in [9.17, 15) is 0 Å². The minimum atomic E-state index is 0.349. The van der Waals surface area contributed by atoms with Gasteiger partial charge in [-0.3, -0.25) is 0 Å². The standard InChI is InChI=1S/C14H23Cl2N3/c1-4-19(5-2)8-6-7-11(3)18-14-13(16)9-12(15)10-17-14/h9-11H,4-8H2,1-3H3,(H,17,18). The third kappa shape index (κ3) is 5.98. The number of anilines is 1. The Morgan fingerprint density at radius 3 is 2.58 bits per heavy atom. The molecule has 0 amide bonds. The van der Waals surface area contributed by atoms with Crippen LogP contribution < -0.4 is 5.32 Å². The quantitative estimate of drug-likeness (QED) is 0.775. The highest BCUT2D eigenvalue weighted by Crippen LogP contribution is 2.23. The number of nitrogens with zero attached hydrogens (tertiary/aromatic N) is 2. The number of rotatable bonds is 8. The molecule has 0 aliphatic carbocycles. The van der Waals surface area contributed by atoms with Crippen LogP contribution in [0.3, 0.4) is 0 Å². The van der Waals surface area contributed by atoms with Gasteiger partial charge in [0.2, 0.25) is 0 Å². The van der Waals surface area contributed by atoms with E-state index in [-0.39, 0.29) is 0 Å². The van der Waals surface area contributed by atoms with Crippen molar-refractivity contribution in [1.29, 1.82) is 0 Å². The van der Waals surface area contributed by atoms with E-state index in [4.69, 9.17) is 23.2 Å². The van der Waals surface area contributed by atoms with E-state index in [1.54, 1.807) is 12.3 Å². The second kappa shape index (κ2) is 8.62. The van der Waals surface area contributed by atoms with Gasteiger partial charge in [-0.2, -0.15) is 0 Å². The average molecular weight is 304 g/mol. The van der Waals surface area contributed by atoms with Gasteiger partial charge in [-0.05, 0) is 45.5 Å². The predicted octanol–water partition coefficient (Wildman–Crippen LogP) is 4.31. The molecule has 1 unspecified atom stereocenters. The summed E-state index contributed by atoms with van der Waals surface area (Å²) in [5, 5.41) is 4.46. The fraction of sp³-hybridized carbons (Fsp3) is 0.643. The topological polar surface area (TPSA) is 28.2 Å². The Hall–Kier alpha value is -0.510. The summed E-state index contributed by atoms with van der Waals surface area (Å²) in [5.74, 6) is 0.710. The number of nitrogens with one attached hydrogen (secondary N) is 1. The monoisotopic (exact) mass is 303 g/mol. The maximum absolute atomic E-state index is 6.09. The van der Waals surface area contributed by atoms with Crippen molar-refractivity contribution in [3.63, 3.8) is 0 Å². The Balaban J connectivity index is 2.36. The van der Waals surface area contributed by atoms with Gasteiger partial charge in [-0.15, -0.1) is 0 Å². The first kappa shape index (κ1) is 16.5. The van der Waals surface area contributed by atoms with Gasteiger partial charge in [-0.25, -0.2) is 4.98 Å². The lowest BCUT2D eigenvalue weighted by atomic mass is 10.1. The van der Waals surface area contributed by atoms with Crippen LogP contribution in [0, 0.1) is 0 Å². The Labute approximate surface area is 126 Å². The smallest absolute Gasteiger partial charge is 0.145 e. The fourth-order valence-electron chi connectivity index (χ4n) is 1.99. The van der Waals surface area contributed by atoms with Crippen LogP contribution in [-0.4, -0.2) is 35.6 Å². The maximum Gasteiger partial charge on any atom is 0.145 e. The van der Waals surface area contributed by atoms with Gasteiger partial charge in [-0.1, -0.05) is 37.0 Å². The number of hydrogen-bond acceptors (Lipinski definition) is 3. The Morgan fingerprint density at radius 1 is 1.32 bits per heavy atom. The van der Waals surface area contributed by atoms with Gasteiger partial charge in [0.25, 0.3) is 0 Å². The highest BCUT2D eigenvalue weighted by Gasteiger charge is 2.08. The van der Waals surface area contributed by atoms with Gasteiger partial charge in [0.05, 0.1) is 10.0 Å². The second-order valence-corrected chi connectivity index (χ2v) is 5.54. The summed E-state index contributed by atoms with van der Waals surface area (Å²) >= 11 is 11.9. The van der Waals surface area contributed by atoms with E-state index in [2.05, 4.69) is 36.0 Å². The number of halogens is 2. The zero-order chi connectivity index (χ0) is 14.3. The van der Waals surface area contributed by atoms with Crippen molar-refractivity contribution in [3.05, 3.63) is 22.3 Å². The largest absolute Gasteiger partial charge is 0.366 e. The van der Waals surface area contributed by atoms with Crippen molar-refractivity contribution in [1.82, 2.24) is 9.88 Å². The molecule has 0 saturated heterocycles. The first-order valence-corrected chi connectivity index (χ1v) is 7.62. The molecule has 0 radical (unpaired) electrons. The van der Waals surface area contributed by atoms with Gasteiger partial charge >= 0.3 is 0 Å². The Kier molecular flexibility index (Phi) is 7.51. The highest BCUT2D eigenvalue weighted by atomic mass is 35.5. The predicted molar refractivity (Wildman–Crippen MR) is 84.4 cm³/mol. The summed E-state index contributed by atoms with van der Waals surface area (Å²) in [6.07, 6.45) is 3.87. The van der Waals surface area contributed by atoms with Gasteiger partial charge < -0.3 is 10.2 Å². The molecular weight excluding hydrogens is 281 g/mol. The van der Waals surface area contributed by atoms with E-state index in [0.29, 0.717) is 21.9 Å². The zero-order valence-electron chi connectivity index (χ0n) is 11.9. The number of aromatic nitrogens is 1. The third-order valence-electron chi connectivity index (χ3n) is 3.20. The molecule has 0 bridgehead atoms. The van der Waals surface area contributed by atoms with Crippen LogP contribution in [-0.2, 0) is 0 Å². The molecule has 1 aromatic rings. The van der Waals surface area contributed by atoms with Crippen LogP contribution in [0.5, 0.6) is 0 Å². The normalized spacial score (nSPS) is 12.7. The van der Waals surface area contributed by atoms with Crippen LogP contribution in [0.15, 0.2) is 12.3 Å². The molecule has 1 rings (SSSR count). The van der Waals surface area contributed by atoms with Gasteiger partial charge in [0.1, 0.15) is 5.82 Å². The van der Waals surface area contributed by atoms with E-state index in [0.717, 1.165) is 26.1 Å². The Morgan fingerprint density at radius 2 is 2.00 bits per heavy atom. The van der Waals surface area contributed by atoms with Crippen molar-refractivity contribution in [2.24, 2.45) is 0 Å². The summed E-state index contributed by atoms with van der Waals surface area (Å²) in [4.78, 5) is 6.64. The van der Waals surface area contributed by atoms with Crippen LogP contribution in [0.4, 0.5) is 5.82 Å². The highest BCUT2D eigenvalue weighted by molar-refractivity contribution is 6.35. The molecule has 0 spiro atoms. The van der Waals surface area contributed by atoms with E-state index >= 15 is 0 Å². The molecule has 5 heteroatoms. The molecule has 19 heavy (non-hydrogen) atoms. The van der Waals surface area contributed by atoms with E-state index in [1.165, 1.54) is 6.42 Å². The molecule has 1 aromatic heterocycles. The van der Waals surface area contributed by atoms with Crippen molar-refractivity contribution >= 4 is 29.0 Å². The fourth-order valence-corrected chi connectivity index (χ4v) is 2.42. The van der Waals surface area contributed by atoms with Crippen LogP contribution in [0.2, 0.25) is 10.0 Å². The SMILES string of the molecule is CCN(CC)CCCC(C)Nc1ncc(Cl)cc1Cl. The molecule has 0 saturated carbocycles. The number of pyridine rings is 1. The second-order valence-electron chi connectivity index (χ2n) is 4.70. The summed E-state index contributed by atoms with van der Waals surface area (Å²) in [6.45, 7) is 9.91. The van der Waals surface area contributed by atoms with E-state index < -0.39 is 0 Å². The minimum absolute atomic E-state index is 0.349. The lowest BCUT2D eigenvalue weighted by molar-refractivity contribution is 0.295. The van der Waals surface area contributed by atoms with Crippen LogP contribution in [0.1, 0.15) is 33.6 Å². The van der Waals surface area contributed by atoms with Crippen LogP contribution >= 0.6 is 23.2 Å². The van der Waals surface area contributed by atoms with Crippen molar-refractivity contribution in [3.8, 4) is 0 Å². The molecular formula is C14H23Cl2N3. The average Bonchev–Trinajstić information content (AvgIpc) is 2.38. The minimum Gasteiger partial charge on any atom is -0.366 e. The van der Waals surface area contributed by atoms with Gasteiger partial charge in [0.15, 0.2) is 0 Å². The lowest BCUT2D eigenvalue weighted by Gasteiger charge is -2.20. The van der Waals surface area contributed by atoms with Crippen LogP contribution in [0.25, 0.3) is 0 Å². The molecule has 0 fully saturated rings. The lowest BCUT2D eigenvalue weighted by Crippen LogP contribution is -2.25. The first-order valence-electron chi connectivity index (χ1n) is 6.86. The maximum atomic E-state index is 6.09. The molecule has 108 valence electrons. The van der Waals surface area contributed by atoms with Crippen molar-refractivity contribution < 1.29 is 0 Å². The zero-order valence-corrected chi connectivity index (χ0v) is 13.4. The van der Waals surface area contributed by atoms with Crippen molar-refractivity contribution in [2.45, 2.75) is 39.7 Å². The number of hydrogen-bond donors (Lipinski definition) is 1. The molecule has 3 nitrogen and oxygen atoms in total. The third-order valence-corrected chi connectivity index (χ3v) is 3.69. The molecule has 0 aliphatic rings. The molecule has 1 atom stereocenters. The summed E-state index contributed by atoms with van der Waals surface area (Å²) < 4.78 is 0. The van der Waals surface area contributed by atoms with Gasteiger partial charge in [0, 0.05) is 12.2 Å². The molecule has 1 N–H and O–H groups in total. The molecule has 0 aromatic carbocycles. The van der Waals surface area contributed by atoms with Crippen molar-refractivity contribution in [2.75, 3.05) is 25.0 Å². The first-order chi connectivity index (χ1) is 9.06.